The zero-order valence-corrected chi connectivity index (χ0v) is 11.3. The molecule has 2 rings (SSSR count). The van der Waals surface area contributed by atoms with Crippen molar-refractivity contribution in [2.24, 2.45) is 0 Å². The van der Waals surface area contributed by atoms with Crippen LogP contribution in [0.1, 0.15) is 26.2 Å². The van der Waals surface area contributed by atoms with Gasteiger partial charge in [0, 0.05) is 19.6 Å². The number of carbonyl (C=O) groups excluding carboxylic acids is 1. The van der Waals surface area contributed by atoms with Crippen LogP contribution < -0.4 is 0 Å². The maximum Gasteiger partial charge on any atom is 0.409 e. The van der Waals surface area contributed by atoms with Gasteiger partial charge >= 0.3 is 6.09 Å². The minimum atomic E-state index is -0.604. The Bertz CT molecular complexity index is 374. The van der Waals surface area contributed by atoms with Crippen LogP contribution in [0.25, 0.3) is 0 Å². The third-order valence-corrected chi connectivity index (χ3v) is 4.05. The van der Waals surface area contributed by atoms with E-state index in [4.69, 9.17) is 4.74 Å². The van der Waals surface area contributed by atoms with Gasteiger partial charge in [0.1, 0.15) is 5.54 Å². The lowest BCUT2D eigenvalue weighted by Crippen LogP contribution is -2.53. The summed E-state index contributed by atoms with van der Waals surface area (Å²) in [6, 6.07) is 2.38. The van der Waals surface area contributed by atoms with Crippen molar-refractivity contribution in [3.63, 3.8) is 0 Å². The minimum Gasteiger partial charge on any atom is -0.450 e. The van der Waals surface area contributed by atoms with Gasteiger partial charge in [-0.2, -0.15) is 5.26 Å². The van der Waals surface area contributed by atoms with Crippen LogP contribution in [0.3, 0.4) is 0 Å². The maximum atomic E-state index is 11.7. The lowest BCUT2D eigenvalue weighted by Gasteiger charge is -2.39. The average Bonchev–Trinajstić information content (AvgIpc) is 2.86. The Kier molecular flexibility index (Phi) is 4.27. The molecule has 2 saturated heterocycles. The molecule has 0 saturated carbocycles. The first-order chi connectivity index (χ1) is 9.11. The minimum absolute atomic E-state index is 0.255. The summed E-state index contributed by atoms with van der Waals surface area (Å²) in [5.74, 6) is 0. The summed E-state index contributed by atoms with van der Waals surface area (Å²) in [5, 5.41) is 19.1. The Morgan fingerprint density at radius 3 is 2.74 bits per heavy atom. The van der Waals surface area contributed by atoms with Crippen LogP contribution in [-0.2, 0) is 4.74 Å². The molecule has 2 aliphatic heterocycles. The van der Waals surface area contributed by atoms with Gasteiger partial charge in [-0.05, 0) is 26.2 Å². The quantitative estimate of drug-likeness (QED) is 0.791. The van der Waals surface area contributed by atoms with Crippen molar-refractivity contribution in [1.29, 1.82) is 5.26 Å². The summed E-state index contributed by atoms with van der Waals surface area (Å²) in [5.41, 5.74) is -0.604. The molecule has 0 aromatic heterocycles. The van der Waals surface area contributed by atoms with E-state index in [1.54, 1.807) is 11.8 Å². The number of hydrogen-bond donors (Lipinski definition) is 1. The number of nitriles is 1. The summed E-state index contributed by atoms with van der Waals surface area (Å²) in [4.78, 5) is 15.4. The van der Waals surface area contributed by atoms with E-state index in [0.717, 1.165) is 0 Å². The number of nitrogens with zero attached hydrogens (tertiary/aromatic N) is 3. The van der Waals surface area contributed by atoms with Crippen molar-refractivity contribution in [2.45, 2.75) is 37.8 Å². The molecule has 2 aliphatic rings. The van der Waals surface area contributed by atoms with Crippen molar-refractivity contribution in [2.75, 3.05) is 32.8 Å². The molecule has 1 amide bonds. The van der Waals surface area contributed by atoms with Gasteiger partial charge in [0.15, 0.2) is 0 Å². The molecule has 0 spiro atoms. The molecule has 0 aromatic rings. The Morgan fingerprint density at radius 1 is 1.47 bits per heavy atom. The largest absolute Gasteiger partial charge is 0.450 e. The summed E-state index contributed by atoms with van der Waals surface area (Å²) in [6.45, 7) is 4.52. The topological polar surface area (TPSA) is 76.8 Å². The molecular weight excluding hydrogens is 246 g/mol. The van der Waals surface area contributed by atoms with Crippen molar-refractivity contribution >= 4 is 6.09 Å². The van der Waals surface area contributed by atoms with Gasteiger partial charge in [-0.3, -0.25) is 4.90 Å². The van der Waals surface area contributed by atoms with Crippen LogP contribution in [0.5, 0.6) is 0 Å². The van der Waals surface area contributed by atoms with Crippen molar-refractivity contribution in [3.8, 4) is 6.07 Å². The molecule has 106 valence electrons. The summed E-state index contributed by atoms with van der Waals surface area (Å²) in [6.07, 6.45) is 1.45. The highest BCUT2D eigenvalue weighted by molar-refractivity contribution is 5.68. The van der Waals surface area contributed by atoms with Gasteiger partial charge in [-0.15, -0.1) is 0 Å². The maximum absolute atomic E-state index is 11.7. The summed E-state index contributed by atoms with van der Waals surface area (Å²) in [7, 11) is 0. The second-order valence-electron chi connectivity index (χ2n) is 5.23. The van der Waals surface area contributed by atoms with E-state index >= 15 is 0 Å². The van der Waals surface area contributed by atoms with Crippen LogP contribution in [-0.4, -0.2) is 65.4 Å². The fourth-order valence-electron chi connectivity index (χ4n) is 2.88. The highest BCUT2D eigenvalue weighted by Crippen LogP contribution is 2.30. The first kappa shape index (κ1) is 14.1. The number of rotatable bonds is 2. The van der Waals surface area contributed by atoms with Crippen molar-refractivity contribution in [3.05, 3.63) is 0 Å². The zero-order chi connectivity index (χ0) is 13.9. The van der Waals surface area contributed by atoms with Crippen LogP contribution in [0.15, 0.2) is 0 Å². The average molecular weight is 267 g/mol. The Labute approximate surface area is 113 Å². The number of carbonyl (C=O) groups is 1. The van der Waals surface area contributed by atoms with E-state index in [0.29, 0.717) is 52.0 Å². The van der Waals surface area contributed by atoms with E-state index in [2.05, 4.69) is 11.0 Å². The molecule has 0 aromatic carbocycles. The number of likely N-dealkylation sites (tertiary alicyclic amines) is 2. The van der Waals surface area contributed by atoms with Crippen LogP contribution >= 0.6 is 0 Å². The molecule has 0 bridgehead atoms. The molecule has 1 atom stereocenters. The van der Waals surface area contributed by atoms with E-state index in [1.165, 1.54) is 0 Å². The molecule has 0 aliphatic carbocycles. The first-order valence-corrected chi connectivity index (χ1v) is 6.87. The van der Waals surface area contributed by atoms with Gasteiger partial charge < -0.3 is 14.7 Å². The molecule has 1 N–H and O–H groups in total. The highest BCUT2D eigenvalue weighted by atomic mass is 16.6. The van der Waals surface area contributed by atoms with Crippen LogP contribution in [0.4, 0.5) is 4.79 Å². The lowest BCUT2D eigenvalue weighted by molar-refractivity contribution is 0.0396. The Morgan fingerprint density at radius 2 is 2.16 bits per heavy atom. The molecule has 2 fully saturated rings. The number of amides is 1. The number of piperidine rings is 1. The fourth-order valence-corrected chi connectivity index (χ4v) is 2.88. The smallest absolute Gasteiger partial charge is 0.409 e. The fraction of sp³-hybridized carbons (Fsp3) is 0.846. The summed E-state index contributed by atoms with van der Waals surface area (Å²) < 4.78 is 4.99. The number of aliphatic hydroxyl groups excluding tert-OH is 1. The third-order valence-electron chi connectivity index (χ3n) is 4.05. The first-order valence-electron chi connectivity index (χ1n) is 6.87. The number of aliphatic hydroxyl groups is 1. The monoisotopic (exact) mass is 267 g/mol. The van der Waals surface area contributed by atoms with Crippen LogP contribution in [0, 0.1) is 11.3 Å². The van der Waals surface area contributed by atoms with Crippen molar-refractivity contribution in [1.82, 2.24) is 9.80 Å². The summed E-state index contributed by atoms with van der Waals surface area (Å²) >= 11 is 0. The molecule has 19 heavy (non-hydrogen) atoms. The van der Waals surface area contributed by atoms with E-state index < -0.39 is 5.54 Å². The van der Waals surface area contributed by atoms with Gasteiger partial charge in [0.05, 0.1) is 25.3 Å². The number of hydrogen-bond acceptors (Lipinski definition) is 5. The number of ether oxygens (including phenoxy) is 1. The molecule has 0 radical (unpaired) electrons. The third kappa shape index (κ3) is 2.82. The normalized spacial score (nSPS) is 29.2. The van der Waals surface area contributed by atoms with Crippen molar-refractivity contribution < 1.29 is 14.6 Å². The van der Waals surface area contributed by atoms with Gasteiger partial charge in [0.25, 0.3) is 0 Å². The van der Waals surface area contributed by atoms with Gasteiger partial charge in [-0.25, -0.2) is 4.79 Å². The lowest BCUT2D eigenvalue weighted by atomic mass is 9.94. The van der Waals surface area contributed by atoms with E-state index in [1.807, 2.05) is 0 Å². The molecule has 6 heteroatoms. The highest BCUT2D eigenvalue weighted by Gasteiger charge is 2.46. The zero-order valence-electron chi connectivity index (χ0n) is 11.3. The second-order valence-corrected chi connectivity index (χ2v) is 5.23. The van der Waals surface area contributed by atoms with Gasteiger partial charge in [-0.1, -0.05) is 0 Å². The van der Waals surface area contributed by atoms with Crippen LogP contribution in [0.2, 0.25) is 0 Å². The predicted octanol–water partition coefficient (Wildman–Crippen LogP) is 0.568. The Hall–Kier alpha value is -1.32. The SMILES string of the molecule is CCOC(=O)N1CC[C@](C#N)(N2CCC(O)CC2)C1. The predicted molar refractivity (Wildman–Crippen MR) is 68.4 cm³/mol. The van der Waals surface area contributed by atoms with E-state index in [9.17, 15) is 15.2 Å². The molecule has 0 unspecified atom stereocenters. The molecule has 2 heterocycles. The van der Waals surface area contributed by atoms with E-state index in [-0.39, 0.29) is 12.2 Å². The Balaban J connectivity index is 2.01. The molecular formula is C13H21N3O3. The standard InChI is InChI=1S/C13H21N3O3/c1-2-19-12(18)15-8-5-13(9-14,10-15)16-6-3-11(17)4-7-16/h11,17H,2-8,10H2,1H3/t13-/m1/s1. The molecule has 6 nitrogen and oxygen atoms in total. The second kappa shape index (κ2) is 5.76. The van der Waals surface area contributed by atoms with Gasteiger partial charge in [0.2, 0.25) is 0 Å².